The summed E-state index contributed by atoms with van der Waals surface area (Å²) in [6.45, 7) is 4.06. The summed E-state index contributed by atoms with van der Waals surface area (Å²) < 4.78 is 5.09. The van der Waals surface area contributed by atoms with Gasteiger partial charge in [0.15, 0.2) is 0 Å². The number of aliphatic hydroxyl groups excluding tert-OH is 1. The first-order valence-corrected chi connectivity index (χ1v) is 5.31. The Labute approximate surface area is 86.8 Å². The Morgan fingerprint density at radius 3 is 2.64 bits per heavy atom. The SMILES string of the molecule is COCC(CCCN)NCCC(C)O. The Morgan fingerprint density at radius 1 is 1.43 bits per heavy atom. The van der Waals surface area contributed by atoms with E-state index >= 15 is 0 Å². The molecule has 14 heavy (non-hydrogen) atoms. The fourth-order valence-corrected chi connectivity index (χ4v) is 1.31. The molecule has 0 rings (SSSR count). The molecule has 86 valence electrons. The van der Waals surface area contributed by atoms with Gasteiger partial charge >= 0.3 is 0 Å². The lowest BCUT2D eigenvalue weighted by molar-refractivity contribution is 0.152. The predicted molar refractivity (Wildman–Crippen MR) is 58.3 cm³/mol. The number of ether oxygens (including phenoxy) is 1. The molecule has 4 nitrogen and oxygen atoms in total. The van der Waals surface area contributed by atoms with Gasteiger partial charge in [0, 0.05) is 13.2 Å². The quantitative estimate of drug-likeness (QED) is 0.498. The lowest BCUT2D eigenvalue weighted by atomic mass is 10.1. The van der Waals surface area contributed by atoms with Gasteiger partial charge in [-0.25, -0.2) is 0 Å². The van der Waals surface area contributed by atoms with E-state index in [1.165, 1.54) is 0 Å². The number of nitrogens with one attached hydrogen (secondary N) is 1. The fourth-order valence-electron chi connectivity index (χ4n) is 1.31. The highest BCUT2D eigenvalue weighted by molar-refractivity contribution is 4.67. The van der Waals surface area contributed by atoms with Gasteiger partial charge in [-0.3, -0.25) is 0 Å². The molecule has 0 aromatic rings. The van der Waals surface area contributed by atoms with E-state index in [4.69, 9.17) is 15.6 Å². The van der Waals surface area contributed by atoms with Crippen LogP contribution in [0, 0.1) is 0 Å². The lowest BCUT2D eigenvalue weighted by Gasteiger charge is -2.17. The molecule has 0 radical (unpaired) electrons. The average molecular weight is 204 g/mol. The summed E-state index contributed by atoms with van der Waals surface area (Å²) in [6.07, 6.45) is 2.59. The minimum absolute atomic E-state index is 0.236. The van der Waals surface area contributed by atoms with Gasteiger partial charge in [0.05, 0.1) is 12.7 Å². The molecule has 0 spiro atoms. The van der Waals surface area contributed by atoms with Crippen LogP contribution < -0.4 is 11.1 Å². The molecule has 2 atom stereocenters. The standard InChI is InChI=1S/C10H24N2O2/c1-9(13)5-7-12-10(8-14-2)4-3-6-11/h9-10,12-13H,3-8,11H2,1-2H3. The zero-order valence-electron chi connectivity index (χ0n) is 9.33. The van der Waals surface area contributed by atoms with Crippen LogP contribution in [0.1, 0.15) is 26.2 Å². The molecule has 0 aromatic carbocycles. The molecule has 0 aliphatic heterocycles. The van der Waals surface area contributed by atoms with Crippen LogP contribution >= 0.6 is 0 Å². The van der Waals surface area contributed by atoms with Crippen LogP contribution in [0.25, 0.3) is 0 Å². The summed E-state index contributed by atoms with van der Waals surface area (Å²) in [4.78, 5) is 0. The normalized spacial score (nSPS) is 15.4. The molecule has 4 N–H and O–H groups in total. The zero-order chi connectivity index (χ0) is 10.8. The fraction of sp³-hybridized carbons (Fsp3) is 1.00. The van der Waals surface area contributed by atoms with E-state index in [1.807, 2.05) is 0 Å². The third kappa shape index (κ3) is 8.44. The molecular weight excluding hydrogens is 180 g/mol. The molecule has 0 saturated carbocycles. The molecule has 0 heterocycles. The lowest BCUT2D eigenvalue weighted by Crippen LogP contribution is -2.35. The maximum Gasteiger partial charge on any atom is 0.0615 e. The monoisotopic (exact) mass is 204 g/mol. The highest BCUT2D eigenvalue weighted by atomic mass is 16.5. The molecule has 4 heteroatoms. The maximum absolute atomic E-state index is 9.08. The van der Waals surface area contributed by atoms with E-state index in [2.05, 4.69) is 5.32 Å². The van der Waals surface area contributed by atoms with Crippen molar-refractivity contribution in [3.8, 4) is 0 Å². The first-order valence-electron chi connectivity index (χ1n) is 5.31. The van der Waals surface area contributed by atoms with Gasteiger partial charge in [-0.2, -0.15) is 0 Å². The summed E-state index contributed by atoms with van der Waals surface area (Å²) in [6, 6.07) is 0.363. The highest BCUT2D eigenvalue weighted by Gasteiger charge is 2.06. The summed E-state index contributed by atoms with van der Waals surface area (Å²) in [5.41, 5.74) is 5.44. The largest absolute Gasteiger partial charge is 0.393 e. The van der Waals surface area contributed by atoms with Crippen molar-refractivity contribution in [2.24, 2.45) is 5.73 Å². The predicted octanol–water partition coefficient (Wildman–Crippen LogP) is 0.101. The van der Waals surface area contributed by atoms with Gasteiger partial charge < -0.3 is 20.9 Å². The van der Waals surface area contributed by atoms with Crippen LogP contribution in [0.4, 0.5) is 0 Å². The van der Waals surface area contributed by atoms with E-state index in [0.717, 1.165) is 32.4 Å². The average Bonchev–Trinajstić information content (AvgIpc) is 2.13. The molecule has 0 aliphatic carbocycles. The second kappa shape index (κ2) is 9.40. The van der Waals surface area contributed by atoms with E-state index < -0.39 is 0 Å². The zero-order valence-corrected chi connectivity index (χ0v) is 9.33. The van der Waals surface area contributed by atoms with Crippen molar-refractivity contribution < 1.29 is 9.84 Å². The van der Waals surface area contributed by atoms with Crippen LogP contribution in [0.2, 0.25) is 0 Å². The number of hydrogen-bond acceptors (Lipinski definition) is 4. The van der Waals surface area contributed by atoms with E-state index in [1.54, 1.807) is 14.0 Å². The summed E-state index contributed by atoms with van der Waals surface area (Å²) >= 11 is 0. The molecule has 0 saturated heterocycles. The van der Waals surface area contributed by atoms with Gasteiger partial charge in [0.1, 0.15) is 0 Å². The first-order chi connectivity index (χ1) is 6.70. The van der Waals surface area contributed by atoms with Crippen LogP contribution in [-0.4, -0.2) is 44.1 Å². The molecule has 0 amide bonds. The minimum atomic E-state index is -0.236. The summed E-state index contributed by atoms with van der Waals surface area (Å²) in [7, 11) is 1.70. The minimum Gasteiger partial charge on any atom is -0.393 e. The Kier molecular flexibility index (Phi) is 9.29. The summed E-state index contributed by atoms with van der Waals surface area (Å²) in [5.74, 6) is 0. The summed E-state index contributed by atoms with van der Waals surface area (Å²) in [5, 5.41) is 12.4. The highest BCUT2D eigenvalue weighted by Crippen LogP contribution is 1.97. The van der Waals surface area contributed by atoms with Gasteiger partial charge in [0.25, 0.3) is 0 Å². The molecule has 0 bridgehead atoms. The molecule has 0 fully saturated rings. The van der Waals surface area contributed by atoms with E-state index in [0.29, 0.717) is 12.6 Å². The second-order valence-electron chi connectivity index (χ2n) is 3.67. The molecule has 0 aliphatic rings. The molecular formula is C10H24N2O2. The number of hydrogen-bond donors (Lipinski definition) is 3. The van der Waals surface area contributed by atoms with Gasteiger partial charge in [-0.1, -0.05) is 0 Å². The van der Waals surface area contributed by atoms with Crippen molar-refractivity contribution in [2.45, 2.75) is 38.3 Å². The van der Waals surface area contributed by atoms with E-state index in [-0.39, 0.29) is 6.10 Å². The van der Waals surface area contributed by atoms with Gasteiger partial charge in [-0.05, 0) is 39.3 Å². The topological polar surface area (TPSA) is 67.5 Å². The maximum atomic E-state index is 9.08. The van der Waals surface area contributed by atoms with Crippen molar-refractivity contribution in [1.29, 1.82) is 0 Å². The van der Waals surface area contributed by atoms with Gasteiger partial charge in [0.2, 0.25) is 0 Å². The van der Waals surface area contributed by atoms with E-state index in [9.17, 15) is 0 Å². The first kappa shape index (κ1) is 13.8. The Hall–Kier alpha value is -0.160. The van der Waals surface area contributed by atoms with Crippen LogP contribution in [-0.2, 0) is 4.74 Å². The van der Waals surface area contributed by atoms with Crippen LogP contribution in [0.15, 0.2) is 0 Å². The molecule has 0 aromatic heterocycles. The van der Waals surface area contributed by atoms with Crippen LogP contribution in [0.3, 0.4) is 0 Å². The van der Waals surface area contributed by atoms with Crippen LogP contribution in [0.5, 0.6) is 0 Å². The Bertz CT molecular complexity index is 121. The second-order valence-corrected chi connectivity index (χ2v) is 3.67. The Balaban J connectivity index is 3.50. The van der Waals surface area contributed by atoms with Crippen molar-refractivity contribution in [1.82, 2.24) is 5.32 Å². The third-order valence-electron chi connectivity index (χ3n) is 2.12. The van der Waals surface area contributed by atoms with Crippen molar-refractivity contribution in [3.05, 3.63) is 0 Å². The van der Waals surface area contributed by atoms with Crippen molar-refractivity contribution >= 4 is 0 Å². The Morgan fingerprint density at radius 2 is 2.14 bits per heavy atom. The number of rotatable bonds is 9. The van der Waals surface area contributed by atoms with Gasteiger partial charge in [-0.15, -0.1) is 0 Å². The number of nitrogens with two attached hydrogens (primary N) is 1. The van der Waals surface area contributed by atoms with Crippen molar-refractivity contribution in [2.75, 3.05) is 26.8 Å². The third-order valence-corrected chi connectivity index (χ3v) is 2.12. The smallest absolute Gasteiger partial charge is 0.0615 e. The van der Waals surface area contributed by atoms with Crippen molar-refractivity contribution in [3.63, 3.8) is 0 Å². The molecule has 2 unspecified atom stereocenters. The number of aliphatic hydroxyl groups is 1. The number of methoxy groups -OCH3 is 1.